The second-order valence-corrected chi connectivity index (χ2v) is 5.29. The molecule has 0 aliphatic carbocycles. The molecular weight excluding hydrogens is 252 g/mol. The lowest BCUT2D eigenvalue weighted by Gasteiger charge is -2.16. The number of nitrogens with zero attached hydrogens (tertiary/aromatic N) is 2. The van der Waals surface area contributed by atoms with E-state index in [9.17, 15) is 4.79 Å². The van der Waals surface area contributed by atoms with Crippen molar-refractivity contribution >= 4 is 17.0 Å². The molecule has 1 N–H and O–H groups in total. The molecule has 20 heavy (non-hydrogen) atoms. The number of aromatic nitrogens is 2. The van der Waals surface area contributed by atoms with Crippen LogP contribution in [0.15, 0.2) is 18.2 Å². The van der Waals surface area contributed by atoms with E-state index in [1.807, 2.05) is 6.07 Å². The number of benzene rings is 1. The van der Waals surface area contributed by atoms with Crippen LogP contribution in [0.2, 0.25) is 0 Å². The van der Waals surface area contributed by atoms with Crippen LogP contribution in [-0.2, 0) is 6.42 Å². The van der Waals surface area contributed by atoms with Crippen LogP contribution in [0, 0.1) is 0 Å². The molecule has 0 bridgehead atoms. The minimum atomic E-state index is -0.903. The van der Waals surface area contributed by atoms with Crippen LogP contribution >= 0.6 is 0 Å². The Morgan fingerprint density at radius 3 is 2.70 bits per heavy atom. The van der Waals surface area contributed by atoms with Gasteiger partial charge in [0.25, 0.3) is 0 Å². The lowest BCUT2D eigenvalue weighted by Crippen LogP contribution is -2.09. The van der Waals surface area contributed by atoms with Crippen molar-refractivity contribution in [3.8, 4) is 0 Å². The predicted molar refractivity (Wildman–Crippen MR) is 80.3 cm³/mol. The van der Waals surface area contributed by atoms with Crippen LogP contribution in [0.1, 0.15) is 62.3 Å². The molecule has 4 nitrogen and oxygen atoms in total. The highest BCUT2D eigenvalue weighted by Gasteiger charge is 2.16. The van der Waals surface area contributed by atoms with E-state index in [1.54, 1.807) is 12.1 Å². The van der Waals surface area contributed by atoms with Crippen molar-refractivity contribution in [2.24, 2.45) is 0 Å². The van der Waals surface area contributed by atoms with Gasteiger partial charge in [0.1, 0.15) is 5.82 Å². The largest absolute Gasteiger partial charge is 0.478 e. The Bertz CT molecular complexity index is 616. The normalized spacial score (nSPS) is 12.8. The summed E-state index contributed by atoms with van der Waals surface area (Å²) in [4.78, 5) is 15.7. The maximum Gasteiger partial charge on any atom is 0.335 e. The fourth-order valence-corrected chi connectivity index (χ4v) is 2.72. The highest BCUT2D eigenvalue weighted by atomic mass is 16.4. The molecular formula is C16H22N2O2. The Morgan fingerprint density at radius 1 is 1.35 bits per heavy atom. The van der Waals surface area contributed by atoms with E-state index in [1.165, 1.54) is 0 Å². The van der Waals surface area contributed by atoms with Crippen molar-refractivity contribution in [1.29, 1.82) is 0 Å². The fourth-order valence-electron chi connectivity index (χ4n) is 2.72. The monoisotopic (exact) mass is 274 g/mol. The summed E-state index contributed by atoms with van der Waals surface area (Å²) in [5.41, 5.74) is 2.13. The summed E-state index contributed by atoms with van der Waals surface area (Å²) in [7, 11) is 0. The summed E-state index contributed by atoms with van der Waals surface area (Å²) in [5.74, 6) is 0.158. The SMILES string of the molecule is CCCc1nc2cc(C(=O)O)ccc2n1C(C)CCC. The van der Waals surface area contributed by atoms with Crippen molar-refractivity contribution < 1.29 is 9.90 Å². The number of aromatic carboxylic acids is 1. The van der Waals surface area contributed by atoms with Gasteiger partial charge in [0.15, 0.2) is 0 Å². The van der Waals surface area contributed by atoms with Gasteiger partial charge in [-0.2, -0.15) is 0 Å². The lowest BCUT2D eigenvalue weighted by molar-refractivity contribution is 0.0697. The number of carbonyl (C=O) groups is 1. The second-order valence-electron chi connectivity index (χ2n) is 5.29. The van der Waals surface area contributed by atoms with Gasteiger partial charge in [0.05, 0.1) is 16.6 Å². The molecule has 2 aromatic rings. The summed E-state index contributed by atoms with van der Waals surface area (Å²) >= 11 is 0. The third-order valence-electron chi connectivity index (χ3n) is 3.63. The van der Waals surface area contributed by atoms with Crippen molar-refractivity contribution in [1.82, 2.24) is 9.55 Å². The molecule has 0 aliphatic rings. The molecule has 1 aromatic carbocycles. The van der Waals surface area contributed by atoms with Crippen molar-refractivity contribution in [2.45, 2.75) is 52.5 Å². The summed E-state index contributed by atoms with van der Waals surface area (Å²) < 4.78 is 2.27. The van der Waals surface area contributed by atoms with Gasteiger partial charge in [0, 0.05) is 12.5 Å². The number of rotatable bonds is 6. The van der Waals surface area contributed by atoms with E-state index >= 15 is 0 Å². The first-order valence-corrected chi connectivity index (χ1v) is 7.32. The van der Waals surface area contributed by atoms with Crippen molar-refractivity contribution in [2.75, 3.05) is 0 Å². The summed E-state index contributed by atoms with van der Waals surface area (Å²) in [5, 5.41) is 9.08. The Labute approximate surface area is 119 Å². The second kappa shape index (κ2) is 6.07. The van der Waals surface area contributed by atoms with E-state index < -0.39 is 5.97 Å². The van der Waals surface area contributed by atoms with Crippen molar-refractivity contribution in [3.05, 3.63) is 29.6 Å². The van der Waals surface area contributed by atoms with Gasteiger partial charge in [-0.3, -0.25) is 0 Å². The molecule has 0 aliphatic heterocycles. The number of fused-ring (bicyclic) bond motifs is 1. The molecule has 2 rings (SSSR count). The molecule has 4 heteroatoms. The molecule has 0 fully saturated rings. The topological polar surface area (TPSA) is 55.1 Å². The quantitative estimate of drug-likeness (QED) is 0.864. The predicted octanol–water partition coefficient (Wildman–Crippen LogP) is 4.05. The first-order chi connectivity index (χ1) is 9.58. The zero-order chi connectivity index (χ0) is 14.7. The van der Waals surface area contributed by atoms with Gasteiger partial charge in [-0.25, -0.2) is 9.78 Å². The molecule has 0 radical (unpaired) electrons. The van der Waals surface area contributed by atoms with Gasteiger partial charge in [-0.15, -0.1) is 0 Å². The van der Waals surface area contributed by atoms with E-state index in [0.29, 0.717) is 11.6 Å². The van der Waals surface area contributed by atoms with Gasteiger partial charge < -0.3 is 9.67 Å². The number of aryl methyl sites for hydroxylation is 1. The first-order valence-electron chi connectivity index (χ1n) is 7.32. The summed E-state index contributed by atoms with van der Waals surface area (Å²) in [6.45, 7) is 6.52. The third kappa shape index (κ3) is 2.69. The number of carboxylic acid groups (broad SMARTS) is 1. The van der Waals surface area contributed by atoms with Gasteiger partial charge in [0.2, 0.25) is 0 Å². The zero-order valence-corrected chi connectivity index (χ0v) is 12.4. The van der Waals surface area contributed by atoms with Gasteiger partial charge in [-0.1, -0.05) is 20.3 Å². The molecule has 1 unspecified atom stereocenters. The van der Waals surface area contributed by atoms with E-state index in [2.05, 4.69) is 30.3 Å². The summed E-state index contributed by atoms with van der Waals surface area (Å²) in [6.07, 6.45) is 4.18. The molecule has 0 spiro atoms. The Hall–Kier alpha value is -1.84. The number of hydrogen-bond donors (Lipinski definition) is 1. The lowest BCUT2D eigenvalue weighted by atomic mass is 10.1. The minimum absolute atomic E-state index is 0.299. The molecule has 1 heterocycles. The van der Waals surface area contributed by atoms with E-state index in [4.69, 9.17) is 5.11 Å². The van der Waals surface area contributed by atoms with Crippen LogP contribution < -0.4 is 0 Å². The first kappa shape index (κ1) is 14.6. The molecule has 0 amide bonds. The Morgan fingerprint density at radius 2 is 2.10 bits per heavy atom. The van der Waals surface area contributed by atoms with Crippen LogP contribution in [0.4, 0.5) is 0 Å². The van der Waals surface area contributed by atoms with E-state index in [0.717, 1.165) is 42.5 Å². The number of imidazole rings is 1. The van der Waals surface area contributed by atoms with Gasteiger partial charge >= 0.3 is 5.97 Å². The van der Waals surface area contributed by atoms with Crippen LogP contribution in [0.5, 0.6) is 0 Å². The standard InChI is InChI=1S/C16H22N2O2/c1-4-6-11(3)18-14-9-8-12(16(19)20)10-13(14)17-15(18)7-5-2/h8-11H,4-7H2,1-3H3,(H,19,20). The molecule has 108 valence electrons. The van der Waals surface area contributed by atoms with E-state index in [-0.39, 0.29) is 0 Å². The highest BCUT2D eigenvalue weighted by Crippen LogP contribution is 2.25. The number of carboxylic acids is 1. The minimum Gasteiger partial charge on any atom is -0.478 e. The molecule has 0 saturated heterocycles. The molecule has 1 atom stereocenters. The molecule has 1 aromatic heterocycles. The smallest absolute Gasteiger partial charge is 0.335 e. The number of hydrogen-bond acceptors (Lipinski definition) is 2. The highest BCUT2D eigenvalue weighted by molar-refractivity contribution is 5.92. The van der Waals surface area contributed by atoms with Crippen molar-refractivity contribution in [3.63, 3.8) is 0 Å². The average Bonchev–Trinajstić information content (AvgIpc) is 2.76. The Balaban J connectivity index is 2.57. The van der Waals surface area contributed by atoms with Gasteiger partial charge in [-0.05, 0) is 38.0 Å². The Kier molecular flexibility index (Phi) is 4.42. The maximum absolute atomic E-state index is 11.1. The van der Waals surface area contributed by atoms with Crippen LogP contribution in [-0.4, -0.2) is 20.6 Å². The average molecular weight is 274 g/mol. The third-order valence-corrected chi connectivity index (χ3v) is 3.63. The molecule has 0 saturated carbocycles. The fraction of sp³-hybridized carbons (Fsp3) is 0.500. The maximum atomic E-state index is 11.1. The zero-order valence-electron chi connectivity index (χ0n) is 12.4. The summed E-state index contributed by atoms with van der Waals surface area (Å²) in [6, 6.07) is 5.61. The van der Waals surface area contributed by atoms with Crippen LogP contribution in [0.3, 0.4) is 0 Å². The van der Waals surface area contributed by atoms with Crippen LogP contribution in [0.25, 0.3) is 11.0 Å².